The van der Waals surface area contributed by atoms with Crippen molar-refractivity contribution in [2.45, 2.75) is 33.9 Å². The van der Waals surface area contributed by atoms with Gasteiger partial charge in [-0.1, -0.05) is 182 Å². The zero-order valence-corrected chi connectivity index (χ0v) is 45.5. The van der Waals surface area contributed by atoms with Crippen molar-refractivity contribution >= 4 is 43.6 Å². The summed E-state index contributed by atoms with van der Waals surface area (Å²) in [5.41, 5.74) is 15.7. The van der Waals surface area contributed by atoms with Gasteiger partial charge in [0.15, 0.2) is 17.5 Å². The molecule has 0 unspecified atom stereocenters. The molecule has 394 valence electrons. The summed E-state index contributed by atoms with van der Waals surface area (Å²) in [5.74, 6) is 1.00. The lowest BCUT2D eigenvalue weighted by Gasteiger charge is -2.23. The van der Waals surface area contributed by atoms with Crippen molar-refractivity contribution < 1.29 is 13.2 Å². The van der Waals surface area contributed by atoms with Crippen molar-refractivity contribution in [3.63, 3.8) is 0 Å². The second-order valence-electron chi connectivity index (χ2n) is 21.3. The van der Waals surface area contributed by atoms with E-state index in [1.807, 2.05) is 167 Å². The van der Waals surface area contributed by atoms with Gasteiger partial charge in [-0.2, -0.15) is 13.2 Å². The van der Waals surface area contributed by atoms with Gasteiger partial charge in [0, 0.05) is 38.2 Å². The molecule has 0 aliphatic heterocycles. The van der Waals surface area contributed by atoms with Crippen LogP contribution >= 0.6 is 0 Å². The minimum Gasteiger partial charge on any atom is -0.309 e. The van der Waals surface area contributed by atoms with E-state index in [0.29, 0.717) is 39.3 Å². The predicted molar refractivity (Wildman–Crippen MR) is 331 cm³/mol. The van der Waals surface area contributed by atoms with Crippen LogP contribution in [0.15, 0.2) is 243 Å². The van der Waals surface area contributed by atoms with E-state index in [2.05, 4.69) is 100 Å². The number of alkyl halides is 3. The smallest absolute Gasteiger partial charge is 0.309 e. The standard InChI is InChI=1S/C74H52F3N5/c1-45-19-11-15-27-56(45)51-31-35-64-60(39-51)61-40-52(57-28-16-12-20-46(57)2)32-36-65(61)81(64)68-43-55(73-79-71(49-23-7-5-8-24-49)78-72(80-73)50-25-9-6-10-26-50)44-69(70(68)74(75,76)77)82-66-37-33-53(58-29-17-13-21-47(58)3)41-62(66)63-42-54(34-38-67(63)82)59-30-18-14-22-48(59)4/h5-44H,1-4H3. The fourth-order valence-electron chi connectivity index (χ4n) is 12.1. The Morgan fingerprint density at radius 1 is 0.280 bits per heavy atom. The summed E-state index contributed by atoms with van der Waals surface area (Å²) < 4.78 is 56.0. The first-order valence-corrected chi connectivity index (χ1v) is 27.5. The highest BCUT2D eigenvalue weighted by Crippen LogP contribution is 2.48. The molecule has 3 heterocycles. The van der Waals surface area contributed by atoms with E-state index in [1.54, 1.807) is 12.1 Å². The lowest BCUT2D eigenvalue weighted by Crippen LogP contribution is -2.16. The number of hydrogen-bond donors (Lipinski definition) is 0. The molecule has 0 amide bonds. The average molecular weight is 1070 g/mol. The molecule has 0 atom stereocenters. The number of halogens is 3. The van der Waals surface area contributed by atoms with Gasteiger partial charge in [0.05, 0.1) is 33.4 Å². The number of benzene rings is 11. The highest BCUT2D eigenvalue weighted by Gasteiger charge is 2.40. The molecule has 8 heteroatoms. The summed E-state index contributed by atoms with van der Waals surface area (Å²) in [5, 5.41) is 3.25. The van der Waals surface area contributed by atoms with Gasteiger partial charge >= 0.3 is 6.18 Å². The third-order valence-corrected chi connectivity index (χ3v) is 16.2. The second kappa shape index (κ2) is 19.9. The van der Waals surface area contributed by atoms with Crippen molar-refractivity contribution in [2.24, 2.45) is 0 Å². The van der Waals surface area contributed by atoms with Gasteiger partial charge in [-0.3, -0.25) is 0 Å². The van der Waals surface area contributed by atoms with Gasteiger partial charge < -0.3 is 9.13 Å². The molecule has 0 saturated heterocycles. The summed E-state index contributed by atoms with van der Waals surface area (Å²) in [6.07, 6.45) is -4.91. The van der Waals surface area contributed by atoms with Gasteiger partial charge in [-0.25, -0.2) is 15.0 Å². The molecule has 0 N–H and O–H groups in total. The van der Waals surface area contributed by atoms with Crippen LogP contribution < -0.4 is 0 Å². The van der Waals surface area contributed by atoms with Crippen LogP contribution in [0.3, 0.4) is 0 Å². The molecule has 14 aromatic rings. The van der Waals surface area contributed by atoms with Crippen LogP contribution in [-0.2, 0) is 6.18 Å². The van der Waals surface area contributed by atoms with Crippen molar-refractivity contribution in [3.05, 3.63) is 270 Å². The van der Waals surface area contributed by atoms with E-state index in [-0.39, 0.29) is 17.2 Å². The quantitative estimate of drug-likeness (QED) is 0.145. The van der Waals surface area contributed by atoms with Crippen LogP contribution in [0.25, 0.3) is 134 Å². The molecule has 5 nitrogen and oxygen atoms in total. The second-order valence-corrected chi connectivity index (χ2v) is 21.3. The van der Waals surface area contributed by atoms with Crippen molar-refractivity contribution in [2.75, 3.05) is 0 Å². The lowest BCUT2D eigenvalue weighted by molar-refractivity contribution is -0.137. The highest BCUT2D eigenvalue weighted by atomic mass is 19.4. The maximum Gasteiger partial charge on any atom is 0.420 e. The number of aryl methyl sites for hydroxylation is 4. The Hall–Kier alpha value is -10.2. The summed E-state index contributed by atoms with van der Waals surface area (Å²) in [4.78, 5) is 15.4. The lowest BCUT2D eigenvalue weighted by atomic mass is 9.97. The van der Waals surface area contributed by atoms with Crippen LogP contribution in [0.5, 0.6) is 0 Å². The van der Waals surface area contributed by atoms with Crippen LogP contribution in [0.2, 0.25) is 0 Å². The Labute approximate surface area is 472 Å². The van der Waals surface area contributed by atoms with Crippen molar-refractivity contribution in [3.8, 4) is 90.0 Å². The predicted octanol–water partition coefficient (Wildman–Crippen LogP) is 20.0. The largest absolute Gasteiger partial charge is 0.420 e. The molecule has 0 aliphatic rings. The molecule has 0 aliphatic carbocycles. The SMILES string of the molecule is Cc1ccccc1-c1ccc2c(c1)c1cc(-c3ccccc3C)ccc1n2-c1cc(-c2nc(-c3ccccc3)nc(-c3ccccc3)n2)cc(-n2c3ccc(-c4ccccc4C)cc3c3cc(-c4ccccc4C)ccc32)c1C(F)(F)F. The monoisotopic (exact) mass is 1070 g/mol. The molecule has 0 spiro atoms. The average Bonchev–Trinajstić information content (AvgIpc) is 4.22. The maximum atomic E-state index is 17.4. The van der Waals surface area contributed by atoms with E-state index in [0.717, 1.165) is 99.4 Å². The minimum absolute atomic E-state index is 0.0710. The maximum absolute atomic E-state index is 17.4. The molecule has 14 rings (SSSR count). The van der Waals surface area contributed by atoms with Crippen LogP contribution in [0.4, 0.5) is 13.2 Å². The van der Waals surface area contributed by atoms with Crippen LogP contribution in [-0.4, -0.2) is 24.1 Å². The molecule has 82 heavy (non-hydrogen) atoms. The molecular formula is C74H52F3N5. The molecule has 0 saturated carbocycles. The molecule has 3 aromatic heterocycles. The van der Waals surface area contributed by atoms with Crippen LogP contribution in [0.1, 0.15) is 27.8 Å². The third-order valence-electron chi connectivity index (χ3n) is 16.2. The first-order valence-electron chi connectivity index (χ1n) is 27.5. The van der Waals surface area contributed by atoms with Gasteiger partial charge in [0.25, 0.3) is 0 Å². The van der Waals surface area contributed by atoms with E-state index < -0.39 is 11.7 Å². The Bertz CT molecular complexity index is 4340. The summed E-state index contributed by atoms with van der Waals surface area (Å²) in [6, 6.07) is 79.9. The van der Waals surface area contributed by atoms with Crippen molar-refractivity contribution in [1.82, 2.24) is 24.1 Å². The molecule has 0 bridgehead atoms. The van der Waals surface area contributed by atoms with Gasteiger partial charge in [-0.15, -0.1) is 0 Å². The summed E-state index contributed by atoms with van der Waals surface area (Å²) in [7, 11) is 0. The van der Waals surface area contributed by atoms with Crippen LogP contribution in [0, 0.1) is 27.7 Å². The van der Waals surface area contributed by atoms with Gasteiger partial charge in [0.1, 0.15) is 5.56 Å². The fourth-order valence-corrected chi connectivity index (χ4v) is 12.1. The van der Waals surface area contributed by atoms with E-state index in [4.69, 9.17) is 15.0 Å². The molecular weight excluding hydrogens is 1020 g/mol. The zero-order valence-electron chi connectivity index (χ0n) is 45.5. The Morgan fingerprint density at radius 3 is 0.829 bits per heavy atom. The fraction of sp³-hybridized carbons (Fsp3) is 0.0676. The highest BCUT2D eigenvalue weighted by molar-refractivity contribution is 6.14. The first kappa shape index (κ1) is 50.1. The Balaban J connectivity index is 1.14. The number of hydrogen-bond acceptors (Lipinski definition) is 3. The third kappa shape index (κ3) is 8.62. The molecule has 0 fully saturated rings. The summed E-state index contributed by atoms with van der Waals surface area (Å²) in [6.45, 7) is 8.32. The van der Waals surface area contributed by atoms with E-state index >= 15 is 13.2 Å². The van der Waals surface area contributed by atoms with Gasteiger partial charge in [-0.05, 0) is 155 Å². The molecule has 11 aromatic carbocycles. The van der Waals surface area contributed by atoms with E-state index in [9.17, 15) is 0 Å². The number of nitrogens with zero attached hydrogens (tertiary/aromatic N) is 5. The van der Waals surface area contributed by atoms with Gasteiger partial charge in [0.2, 0.25) is 0 Å². The number of rotatable bonds is 9. The Kier molecular flexibility index (Phi) is 12.1. The minimum atomic E-state index is -4.91. The molecule has 0 radical (unpaired) electrons. The zero-order chi connectivity index (χ0) is 55.8. The number of fused-ring (bicyclic) bond motifs is 6. The topological polar surface area (TPSA) is 48.5 Å². The van der Waals surface area contributed by atoms with Crippen molar-refractivity contribution in [1.29, 1.82) is 0 Å². The first-order chi connectivity index (χ1) is 39.9. The summed E-state index contributed by atoms with van der Waals surface area (Å²) >= 11 is 0. The normalized spacial score (nSPS) is 11.8. The Morgan fingerprint density at radius 2 is 0.549 bits per heavy atom. The number of aromatic nitrogens is 5. The van der Waals surface area contributed by atoms with E-state index in [1.165, 1.54) is 0 Å².